The van der Waals surface area contributed by atoms with Crippen LogP contribution in [0.2, 0.25) is 0 Å². The number of hydrogen-bond acceptors (Lipinski definition) is 4. The van der Waals surface area contributed by atoms with Crippen LogP contribution < -0.4 is 0 Å². The summed E-state index contributed by atoms with van der Waals surface area (Å²) >= 11 is 0. The molecule has 1 aromatic carbocycles. The number of carbonyl (C=O) groups excluding carboxylic acids is 1. The van der Waals surface area contributed by atoms with E-state index in [9.17, 15) is 4.79 Å². The molecule has 5 nitrogen and oxygen atoms in total. The topological polar surface area (TPSA) is 59.2 Å². The summed E-state index contributed by atoms with van der Waals surface area (Å²) in [5.74, 6) is 1.17. The molecule has 116 valence electrons. The van der Waals surface area contributed by atoms with Crippen molar-refractivity contribution in [3.63, 3.8) is 0 Å². The van der Waals surface area contributed by atoms with E-state index in [1.165, 1.54) is 19.3 Å². The maximum atomic E-state index is 12.6. The van der Waals surface area contributed by atoms with Gasteiger partial charge in [0.1, 0.15) is 0 Å². The standard InChI is InChI=1S/C17H21N3O2/c1-12-18-16(22-19-12)13-8-10-14(11-9-13)17(21)20(2)15-6-4-3-5-7-15/h8-11,15H,3-7H2,1-2H3. The highest BCUT2D eigenvalue weighted by Gasteiger charge is 2.23. The first-order valence-corrected chi connectivity index (χ1v) is 7.83. The predicted molar refractivity (Wildman–Crippen MR) is 83.4 cm³/mol. The Labute approximate surface area is 130 Å². The molecule has 22 heavy (non-hydrogen) atoms. The summed E-state index contributed by atoms with van der Waals surface area (Å²) in [5, 5.41) is 3.78. The van der Waals surface area contributed by atoms with Gasteiger partial charge in [-0.1, -0.05) is 24.4 Å². The first-order valence-electron chi connectivity index (χ1n) is 7.83. The zero-order valence-corrected chi connectivity index (χ0v) is 13.1. The van der Waals surface area contributed by atoms with Gasteiger partial charge < -0.3 is 9.42 Å². The van der Waals surface area contributed by atoms with Crippen LogP contribution in [0, 0.1) is 6.92 Å². The van der Waals surface area contributed by atoms with Crippen molar-refractivity contribution in [3.05, 3.63) is 35.7 Å². The van der Waals surface area contributed by atoms with Crippen LogP contribution in [0.4, 0.5) is 0 Å². The molecule has 1 aliphatic carbocycles. The van der Waals surface area contributed by atoms with E-state index >= 15 is 0 Å². The maximum Gasteiger partial charge on any atom is 0.257 e. The minimum atomic E-state index is 0.0835. The molecule has 1 saturated carbocycles. The lowest BCUT2D eigenvalue weighted by atomic mass is 9.94. The van der Waals surface area contributed by atoms with Crippen LogP contribution >= 0.6 is 0 Å². The molecule has 2 aromatic rings. The number of benzene rings is 1. The van der Waals surface area contributed by atoms with E-state index in [0.29, 0.717) is 23.3 Å². The van der Waals surface area contributed by atoms with Gasteiger partial charge >= 0.3 is 0 Å². The monoisotopic (exact) mass is 299 g/mol. The summed E-state index contributed by atoms with van der Waals surface area (Å²) in [6.07, 6.45) is 5.95. The average molecular weight is 299 g/mol. The molecule has 1 amide bonds. The van der Waals surface area contributed by atoms with Gasteiger partial charge in [-0.25, -0.2) is 0 Å². The van der Waals surface area contributed by atoms with E-state index in [-0.39, 0.29) is 5.91 Å². The molecular weight excluding hydrogens is 278 g/mol. The molecule has 1 heterocycles. The van der Waals surface area contributed by atoms with E-state index in [2.05, 4.69) is 10.1 Å². The Morgan fingerprint density at radius 3 is 2.45 bits per heavy atom. The average Bonchev–Trinajstić information content (AvgIpc) is 3.01. The molecule has 0 bridgehead atoms. The summed E-state index contributed by atoms with van der Waals surface area (Å²) in [5.41, 5.74) is 1.53. The Bertz CT molecular complexity index is 642. The lowest BCUT2D eigenvalue weighted by molar-refractivity contribution is 0.0696. The fraction of sp³-hybridized carbons (Fsp3) is 0.471. The third-order valence-corrected chi connectivity index (χ3v) is 4.35. The molecule has 0 N–H and O–H groups in total. The minimum Gasteiger partial charge on any atom is -0.339 e. The predicted octanol–water partition coefficient (Wildman–Crippen LogP) is 3.45. The Kier molecular flexibility index (Phi) is 4.22. The van der Waals surface area contributed by atoms with Gasteiger partial charge in [0.05, 0.1) is 0 Å². The second-order valence-electron chi connectivity index (χ2n) is 5.93. The second kappa shape index (κ2) is 6.30. The normalized spacial score (nSPS) is 15.7. The van der Waals surface area contributed by atoms with Crippen LogP contribution in [0.25, 0.3) is 11.5 Å². The van der Waals surface area contributed by atoms with Gasteiger partial charge in [0.15, 0.2) is 5.82 Å². The summed E-state index contributed by atoms with van der Waals surface area (Å²) < 4.78 is 5.14. The van der Waals surface area contributed by atoms with E-state index in [1.807, 2.05) is 36.2 Å². The largest absolute Gasteiger partial charge is 0.339 e. The molecule has 3 rings (SSSR count). The fourth-order valence-electron chi connectivity index (χ4n) is 3.01. The molecule has 0 aliphatic heterocycles. The number of amides is 1. The van der Waals surface area contributed by atoms with Gasteiger partial charge in [-0.3, -0.25) is 4.79 Å². The highest BCUT2D eigenvalue weighted by molar-refractivity contribution is 5.94. The van der Waals surface area contributed by atoms with Crippen molar-refractivity contribution in [2.45, 2.75) is 45.1 Å². The molecule has 1 aromatic heterocycles. The summed E-state index contributed by atoms with van der Waals surface area (Å²) in [7, 11) is 1.91. The van der Waals surface area contributed by atoms with Crippen molar-refractivity contribution in [2.75, 3.05) is 7.05 Å². The Hall–Kier alpha value is -2.17. The quantitative estimate of drug-likeness (QED) is 0.871. The smallest absolute Gasteiger partial charge is 0.257 e. The van der Waals surface area contributed by atoms with Crippen molar-refractivity contribution in [1.82, 2.24) is 15.0 Å². The lowest BCUT2D eigenvalue weighted by Crippen LogP contribution is -2.38. The maximum absolute atomic E-state index is 12.6. The van der Waals surface area contributed by atoms with Crippen LogP contribution in [0.1, 0.15) is 48.3 Å². The van der Waals surface area contributed by atoms with E-state index in [0.717, 1.165) is 18.4 Å². The number of hydrogen-bond donors (Lipinski definition) is 0. The third kappa shape index (κ3) is 3.03. The number of nitrogens with zero attached hydrogens (tertiary/aromatic N) is 3. The zero-order chi connectivity index (χ0) is 15.5. The zero-order valence-electron chi connectivity index (χ0n) is 13.1. The number of aryl methyl sites for hydroxylation is 1. The molecule has 1 aliphatic rings. The summed E-state index contributed by atoms with van der Waals surface area (Å²) in [6, 6.07) is 7.75. The van der Waals surface area contributed by atoms with E-state index in [4.69, 9.17) is 4.52 Å². The Morgan fingerprint density at radius 1 is 1.18 bits per heavy atom. The molecule has 0 unspecified atom stereocenters. The van der Waals surface area contributed by atoms with Crippen LogP contribution in [-0.2, 0) is 0 Å². The van der Waals surface area contributed by atoms with Gasteiger partial charge in [0, 0.05) is 24.2 Å². The third-order valence-electron chi connectivity index (χ3n) is 4.35. The van der Waals surface area contributed by atoms with Crippen LogP contribution in [0.15, 0.2) is 28.8 Å². The van der Waals surface area contributed by atoms with Gasteiger partial charge in [0.2, 0.25) is 0 Å². The second-order valence-corrected chi connectivity index (χ2v) is 5.93. The molecular formula is C17H21N3O2. The van der Waals surface area contributed by atoms with Gasteiger partial charge in [-0.05, 0) is 44.0 Å². The van der Waals surface area contributed by atoms with Crippen LogP contribution in [0.3, 0.4) is 0 Å². The van der Waals surface area contributed by atoms with Crippen LogP contribution in [0.5, 0.6) is 0 Å². The first kappa shape index (κ1) is 14.8. The van der Waals surface area contributed by atoms with Gasteiger partial charge in [-0.15, -0.1) is 0 Å². The van der Waals surface area contributed by atoms with Crippen molar-refractivity contribution in [2.24, 2.45) is 0 Å². The fourth-order valence-corrected chi connectivity index (χ4v) is 3.01. The summed E-state index contributed by atoms with van der Waals surface area (Å²) in [4.78, 5) is 18.7. The lowest BCUT2D eigenvalue weighted by Gasteiger charge is -2.31. The number of rotatable bonds is 3. The molecule has 0 saturated heterocycles. The Balaban J connectivity index is 1.73. The number of carbonyl (C=O) groups is 1. The van der Waals surface area contributed by atoms with E-state index < -0.39 is 0 Å². The van der Waals surface area contributed by atoms with Gasteiger partial charge in [0.25, 0.3) is 11.8 Å². The van der Waals surface area contributed by atoms with Gasteiger partial charge in [-0.2, -0.15) is 4.98 Å². The summed E-state index contributed by atoms with van der Waals surface area (Å²) in [6.45, 7) is 1.78. The van der Waals surface area contributed by atoms with Crippen LogP contribution in [-0.4, -0.2) is 34.0 Å². The first-order chi connectivity index (χ1) is 10.6. The molecule has 1 fully saturated rings. The molecule has 0 atom stereocenters. The molecule has 0 radical (unpaired) electrons. The highest BCUT2D eigenvalue weighted by Crippen LogP contribution is 2.24. The highest BCUT2D eigenvalue weighted by atomic mass is 16.5. The van der Waals surface area contributed by atoms with Crippen molar-refractivity contribution in [3.8, 4) is 11.5 Å². The molecule has 0 spiro atoms. The minimum absolute atomic E-state index is 0.0835. The number of aromatic nitrogens is 2. The van der Waals surface area contributed by atoms with E-state index in [1.54, 1.807) is 6.92 Å². The van der Waals surface area contributed by atoms with Crippen molar-refractivity contribution < 1.29 is 9.32 Å². The SMILES string of the molecule is Cc1noc(-c2ccc(C(=O)N(C)C3CCCCC3)cc2)n1. The Morgan fingerprint density at radius 2 is 1.86 bits per heavy atom. The van der Waals surface area contributed by atoms with Crippen molar-refractivity contribution >= 4 is 5.91 Å². The molecule has 5 heteroatoms. The van der Waals surface area contributed by atoms with Crippen molar-refractivity contribution in [1.29, 1.82) is 0 Å².